The summed E-state index contributed by atoms with van der Waals surface area (Å²) >= 11 is 0. The Balaban J connectivity index is 1.57. The van der Waals surface area contributed by atoms with Gasteiger partial charge in [0.05, 0.1) is 6.54 Å². The normalized spacial score (nSPS) is 21.9. The summed E-state index contributed by atoms with van der Waals surface area (Å²) in [6.45, 7) is 8.14. The van der Waals surface area contributed by atoms with Gasteiger partial charge in [0.2, 0.25) is 5.91 Å². The van der Waals surface area contributed by atoms with Crippen molar-refractivity contribution in [3.63, 3.8) is 0 Å². The average Bonchev–Trinajstić information content (AvgIpc) is 2.99. The highest BCUT2D eigenvalue weighted by atomic mass is 16.2. The fourth-order valence-electron chi connectivity index (χ4n) is 6.17. The Morgan fingerprint density at radius 3 is 1.82 bits per heavy atom. The quantitative estimate of drug-likeness (QED) is 0.472. The molecule has 2 aliphatic rings. The minimum atomic E-state index is -0.463. The maximum absolute atomic E-state index is 14.2. The number of hydrogen-bond acceptors (Lipinski definition) is 5. The first-order valence-electron chi connectivity index (χ1n) is 13.9. The molecular formula is C33H37N3O3. The molecule has 0 bridgehead atoms. The minimum Gasteiger partial charge on any atom is -0.339 e. The third-order valence-corrected chi connectivity index (χ3v) is 8.40. The summed E-state index contributed by atoms with van der Waals surface area (Å²) in [6, 6.07) is 24.9. The zero-order valence-corrected chi connectivity index (χ0v) is 22.8. The molecule has 2 atom stereocenters. The van der Waals surface area contributed by atoms with Crippen molar-refractivity contribution in [3.05, 3.63) is 107 Å². The van der Waals surface area contributed by atoms with E-state index in [1.807, 2.05) is 76.5 Å². The van der Waals surface area contributed by atoms with Gasteiger partial charge in [-0.25, -0.2) is 0 Å². The van der Waals surface area contributed by atoms with Gasteiger partial charge in [-0.2, -0.15) is 0 Å². The number of nitrogens with one attached hydrogen (secondary N) is 1. The van der Waals surface area contributed by atoms with Crippen LogP contribution >= 0.6 is 0 Å². The fraction of sp³-hybridized carbons (Fsp3) is 0.364. The molecule has 2 fully saturated rings. The lowest BCUT2D eigenvalue weighted by Crippen LogP contribution is -2.55. The van der Waals surface area contributed by atoms with Crippen LogP contribution in [0.1, 0.15) is 43.3 Å². The van der Waals surface area contributed by atoms with Crippen LogP contribution in [0.5, 0.6) is 0 Å². The average molecular weight is 524 g/mol. The van der Waals surface area contributed by atoms with Gasteiger partial charge in [0.1, 0.15) is 0 Å². The third kappa shape index (κ3) is 5.87. The Kier molecular flexibility index (Phi) is 8.34. The van der Waals surface area contributed by atoms with Crippen molar-refractivity contribution in [2.45, 2.75) is 19.8 Å². The van der Waals surface area contributed by atoms with Crippen molar-refractivity contribution >= 4 is 17.5 Å². The largest absolute Gasteiger partial charge is 0.339 e. The van der Waals surface area contributed by atoms with Crippen molar-refractivity contribution in [1.29, 1.82) is 0 Å². The topological polar surface area (TPSA) is 69.7 Å². The second kappa shape index (κ2) is 12.1. The van der Waals surface area contributed by atoms with E-state index in [1.54, 1.807) is 0 Å². The Hall–Kier alpha value is -3.61. The van der Waals surface area contributed by atoms with Gasteiger partial charge >= 0.3 is 0 Å². The van der Waals surface area contributed by atoms with Crippen LogP contribution in [0.15, 0.2) is 78.9 Å². The van der Waals surface area contributed by atoms with Crippen LogP contribution in [0, 0.1) is 25.7 Å². The molecule has 6 nitrogen and oxygen atoms in total. The molecule has 2 saturated heterocycles. The highest BCUT2D eigenvalue weighted by molar-refractivity contribution is 6.02. The molecule has 6 heteroatoms. The molecule has 1 N–H and O–H groups in total. The van der Waals surface area contributed by atoms with Crippen molar-refractivity contribution in [3.8, 4) is 0 Å². The second-order valence-corrected chi connectivity index (χ2v) is 10.8. The Bertz CT molecular complexity index is 1260. The summed E-state index contributed by atoms with van der Waals surface area (Å²) in [5, 5.41) is 3.29. The summed E-state index contributed by atoms with van der Waals surface area (Å²) in [7, 11) is 0. The molecule has 5 rings (SSSR count). The predicted octanol–water partition coefficient (Wildman–Crippen LogP) is 4.13. The summed E-state index contributed by atoms with van der Waals surface area (Å²) in [4.78, 5) is 45.6. The number of benzene rings is 3. The molecule has 39 heavy (non-hydrogen) atoms. The number of aryl methyl sites for hydroxylation is 1. The standard InChI is InChI=1S/C33H37N3O3/c1-23-10-9-15-27(24(23)2)31-28(32(38)25-11-5-3-6-12-25)20-35(22-30(37)36-18-16-34-17-19-36)21-29(31)33(39)26-13-7-4-8-14-26/h3-15,28-29,31,34H,16-22H2,1-2H3. The number of Topliss-reactive ketones (excluding diaryl/α,β-unsaturated/α-hetero) is 2. The molecule has 0 saturated carbocycles. The van der Waals surface area contributed by atoms with E-state index in [0.29, 0.717) is 37.3 Å². The van der Waals surface area contributed by atoms with Gasteiger partial charge in [0.25, 0.3) is 0 Å². The van der Waals surface area contributed by atoms with Gasteiger partial charge < -0.3 is 10.2 Å². The highest BCUT2D eigenvalue weighted by Gasteiger charge is 2.45. The van der Waals surface area contributed by atoms with Gasteiger partial charge in [0, 0.05) is 68.1 Å². The van der Waals surface area contributed by atoms with E-state index in [1.165, 1.54) is 0 Å². The molecule has 0 spiro atoms. The number of ketones is 2. The van der Waals surface area contributed by atoms with Crippen LogP contribution in [0.25, 0.3) is 0 Å². The van der Waals surface area contributed by atoms with E-state index in [4.69, 9.17) is 0 Å². The molecular weight excluding hydrogens is 486 g/mol. The van der Waals surface area contributed by atoms with Gasteiger partial charge in [-0.1, -0.05) is 78.9 Å². The smallest absolute Gasteiger partial charge is 0.236 e. The van der Waals surface area contributed by atoms with E-state index < -0.39 is 11.8 Å². The number of nitrogens with zero attached hydrogens (tertiary/aromatic N) is 2. The number of carbonyl (C=O) groups excluding carboxylic acids is 3. The van der Waals surface area contributed by atoms with Crippen molar-refractivity contribution in [2.75, 3.05) is 45.8 Å². The number of rotatable bonds is 7. The second-order valence-electron chi connectivity index (χ2n) is 10.8. The van der Waals surface area contributed by atoms with Crippen molar-refractivity contribution in [2.24, 2.45) is 11.8 Å². The molecule has 1 amide bonds. The lowest BCUT2D eigenvalue weighted by atomic mass is 9.67. The Morgan fingerprint density at radius 2 is 1.28 bits per heavy atom. The summed E-state index contributed by atoms with van der Waals surface area (Å²) in [6.07, 6.45) is 0. The number of carbonyl (C=O) groups is 3. The number of piperazine rings is 1. The van der Waals surface area contributed by atoms with E-state index in [0.717, 1.165) is 29.8 Å². The van der Waals surface area contributed by atoms with Crippen molar-refractivity contribution in [1.82, 2.24) is 15.1 Å². The predicted molar refractivity (Wildman–Crippen MR) is 153 cm³/mol. The first-order valence-corrected chi connectivity index (χ1v) is 13.9. The monoisotopic (exact) mass is 523 g/mol. The van der Waals surface area contributed by atoms with Crippen LogP contribution < -0.4 is 5.32 Å². The van der Waals surface area contributed by atoms with Crippen LogP contribution in [0.3, 0.4) is 0 Å². The van der Waals surface area contributed by atoms with E-state index >= 15 is 0 Å². The zero-order valence-electron chi connectivity index (χ0n) is 22.8. The first kappa shape index (κ1) is 27.0. The van der Waals surface area contributed by atoms with E-state index in [2.05, 4.69) is 31.3 Å². The Morgan fingerprint density at radius 1 is 0.744 bits per heavy atom. The molecule has 0 aliphatic carbocycles. The SMILES string of the molecule is Cc1cccc(C2C(C(=O)c3ccccc3)CN(CC(=O)N3CCNCC3)CC2C(=O)c2ccccc2)c1C. The van der Waals surface area contributed by atoms with Gasteiger partial charge in [-0.05, 0) is 30.5 Å². The maximum Gasteiger partial charge on any atom is 0.236 e. The zero-order chi connectivity index (χ0) is 27.4. The van der Waals surface area contributed by atoms with Gasteiger partial charge in [-0.3, -0.25) is 19.3 Å². The molecule has 3 aromatic rings. The van der Waals surface area contributed by atoms with E-state index in [-0.39, 0.29) is 29.9 Å². The minimum absolute atomic E-state index is 0.0201. The van der Waals surface area contributed by atoms with Crippen LogP contribution in [0.4, 0.5) is 0 Å². The molecule has 0 aromatic heterocycles. The summed E-state index contributed by atoms with van der Waals surface area (Å²) in [5.74, 6) is -1.13. The lowest BCUT2D eigenvalue weighted by Gasteiger charge is -2.44. The van der Waals surface area contributed by atoms with Gasteiger partial charge in [0.15, 0.2) is 11.6 Å². The number of amides is 1. The lowest BCUT2D eigenvalue weighted by molar-refractivity contribution is -0.133. The van der Waals surface area contributed by atoms with Crippen LogP contribution in [0.2, 0.25) is 0 Å². The number of piperidine rings is 1. The summed E-state index contributed by atoms with van der Waals surface area (Å²) in [5.41, 5.74) is 4.58. The maximum atomic E-state index is 14.2. The molecule has 0 radical (unpaired) electrons. The van der Waals surface area contributed by atoms with Gasteiger partial charge in [-0.15, -0.1) is 0 Å². The molecule has 2 unspecified atom stereocenters. The fourth-order valence-corrected chi connectivity index (χ4v) is 6.17. The number of likely N-dealkylation sites (tertiary alicyclic amines) is 1. The molecule has 2 heterocycles. The molecule has 202 valence electrons. The highest BCUT2D eigenvalue weighted by Crippen LogP contribution is 2.42. The van der Waals surface area contributed by atoms with Crippen LogP contribution in [-0.4, -0.2) is 73.1 Å². The van der Waals surface area contributed by atoms with Crippen molar-refractivity contribution < 1.29 is 14.4 Å². The number of hydrogen-bond donors (Lipinski definition) is 1. The third-order valence-electron chi connectivity index (χ3n) is 8.40. The Labute approximate surface area is 231 Å². The molecule has 3 aromatic carbocycles. The van der Waals surface area contributed by atoms with Crippen LogP contribution in [-0.2, 0) is 4.79 Å². The van der Waals surface area contributed by atoms with E-state index in [9.17, 15) is 14.4 Å². The first-order chi connectivity index (χ1) is 18.9. The summed E-state index contributed by atoms with van der Waals surface area (Å²) < 4.78 is 0. The molecule has 2 aliphatic heterocycles.